The van der Waals surface area contributed by atoms with Crippen molar-refractivity contribution in [3.63, 3.8) is 0 Å². The van der Waals surface area contributed by atoms with Crippen LogP contribution < -0.4 is 20.4 Å². The fourth-order valence-electron chi connectivity index (χ4n) is 5.86. The SMILES string of the molecule is Nc1ncc(-c2nc(N3CCOCC3)nc3c2CCN3c2ccc(CN3CCN(c4ccncc4)CC3)cc2)cn1. The van der Waals surface area contributed by atoms with E-state index < -0.39 is 0 Å². The number of nitrogen functional groups attached to an aromatic ring is 1. The molecule has 11 heteroatoms. The van der Waals surface area contributed by atoms with Crippen molar-refractivity contribution in [3.8, 4) is 11.3 Å². The highest BCUT2D eigenvalue weighted by atomic mass is 16.5. The fraction of sp³-hybridized carbons (Fsp3) is 0.367. The quantitative estimate of drug-likeness (QED) is 0.382. The van der Waals surface area contributed by atoms with Gasteiger partial charge >= 0.3 is 0 Å². The smallest absolute Gasteiger partial charge is 0.228 e. The van der Waals surface area contributed by atoms with Crippen LogP contribution in [0.25, 0.3) is 11.3 Å². The van der Waals surface area contributed by atoms with Crippen molar-refractivity contribution < 1.29 is 4.74 Å². The largest absolute Gasteiger partial charge is 0.378 e. The Hall–Kier alpha value is -4.35. The molecule has 2 saturated heterocycles. The number of piperazine rings is 1. The molecular weight excluding hydrogens is 516 g/mol. The van der Waals surface area contributed by atoms with Gasteiger partial charge in [0.2, 0.25) is 11.9 Å². The minimum atomic E-state index is 0.255. The topological polar surface area (TPSA) is 113 Å². The molecule has 3 aliphatic rings. The van der Waals surface area contributed by atoms with E-state index in [0.717, 1.165) is 87.1 Å². The Balaban J connectivity index is 1.10. The Morgan fingerprint density at radius 2 is 1.49 bits per heavy atom. The van der Waals surface area contributed by atoms with Crippen molar-refractivity contribution in [2.75, 3.05) is 79.5 Å². The lowest BCUT2D eigenvalue weighted by Crippen LogP contribution is -2.45. The first-order chi connectivity index (χ1) is 20.2. The van der Waals surface area contributed by atoms with Crippen LogP contribution in [0.4, 0.5) is 29.1 Å². The highest BCUT2D eigenvalue weighted by molar-refractivity contribution is 5.76. The van der Waals surface area contributed by atoms with E-state index in [-0.39, 0.29) is 5.95 Å². The fourth-order valence-corrected chi connectivity index (χ4v) is 5.86. The van der Waals surface area contributed by atoms with Gasteiger partial charge in [0.25, 0.3) is 0 Å². The molecule has 0 radical (unpaired) electrons. The van der Waals surface area contributed by atoms with E-state index in [1.807, 2.05) is 12.4 Å². The van der Waals surface area contributed by atoms with E-state index in [4.69, 9.17) is 20.4 Å². The third-order valence-corrected chi connectivity index (χ3v) is 8.11. The summed E-state index contributed by atoms with van der Waals surface area (Å²) in [6.45, 7) is 8.81. The summed E-state index contributed by atoms with van der Waals surface area (Å²) in [4.78, 5) is 32.1. The summed E-state index contributed by atoms with van der Waals surface area (Å²) in [5.74, 6) is 1.92. The van der Waals surface area contributed by atoms with E-state index in [9.17, 15) is 0 Å². The Morgan fingerprint density at radius 1 is 0.756 bits per heavy atom. The number of rotatable bonds is 6. The number of pyridine rings is 1. The number of aromatic nitrogens is 5. The third kappa shape index (κ3) is 5.38. The molecule has 11 nitrogen and oxygen atoms in total. The van der Waals surface area contributed by atoms with Crippen LogP contribution in [-0.2, 0) is 17.7 Å². The minimum absolute atomic E-state index is 0.255. The Bertz CT molecular complexity index is 1470. The van der Waals surface area contributed by atoms with Crippen LogP contribution >= 0.6 is 0 Å². The molecule has 0 spiro atoms. The van der Waals surface area contributed by atoms with Crippen molar-refractivity contribution in [2.24, 2.45) is 0 Å². The van der Waals surface area contributed by atoms with Gasteiger partial charge in [0.15, 0.2) is 0 Å². The maximum absolute atomic E-state index is 5.77. The molecule has 0 bridgehead atoms. The molecule has 41 heavy (non-hydrogen) atoms. The van der Waals surface area contributed by atoms with Crippen LogP contribution in [0, 0.1) is 0 Å². The zero-order valence-corrected chi connectivity index (χ0v) is 23.1. The molecule has 2 fully saturated rings. The lowest BCUT2D eigenvalue weighted by molar-refractivity contribution is 0.122. The summed E-state index contributed by atoms with van der Waals surface area (Å²) >= 11 is 0. The van der Waals surface area contributed by atoms with E-state index in [0.29, 0.717) is 19.2 Å². The van der Waals surface area contributed by atoms with Gasteiger partial charge in [-0.15, -0.1) is 0 Å². The molecular formula is C30H34N10O. The Morgan fingerprint density at radius 3 is 2.22 bits per heavy atom. The average molecular weight is 551 g/mol. The molecule has 3 aliphatic heterocycles. The highest BCUT2D eigenvalue weighted by Crippen LogP contribution is 2.39. The second-order valence-electron chi connectivity index (χ2n) is 10.6. The Kier molecular flexibility index (Phi) is 7.03. The minimum Gasteiger partial charge on any atom is -0.378 e. The zero-order chi connectivity index (χ0) is 27.6. The predicted octanol–water partition coefficient (Wildman–Crippen LogP) is 2.76. The number of fused-ring (bicyclic) bond motifs is 1. The van der Waals surface area contributed by atoms with Gasteiger partial charge in [0, 0.05) is 99.6 Å². The molecule has 0 saturated carbocycles. The third-order valence-electron chi connectivity index (χ3n) is 8.11. The normalized spacial score (nSPS) is 17.6. The molecule has 0 unspecified atom stereocenters. The van der Waals surface area contributed by atoms with Crippen molar-refractivity contribution in [3.05, 3.63) is 72.3 Å². The standard InChI is InChI=1S/C30H34N10O/c31-29-33-19-23(20-34-29)27-26-7-10-40(28(26)36-30(35-27)39-15-17-41-18-16-39)25-3-1-22(2-4-25)21-37-11-13-38(14-12-37)24-5-8-32-9-6-24/h1-6,8-9,19-20H,7,10-18,21H2,(H2,31,33,34). The van der Waals surface area contributed by atoms with Gasteiger partial charge in [0.1, 0.15) is 5.82 Å². The lowest BCUT2D eigenvalue weighted by atomic mass is 10.1. The van der Waals surface area contributed by atoms with E-state index in [1.54, 1.807) is 12.4 Å². The summed E-state index contributed by atoms with van der Waals surface area (Å²) in [5, 5.41) is 0. The van der Waals surface area contributed by atoms with Crippen molar-refractivity contribution in [1.29, 1.82) is 0 Å². The highest BCUT2D eigenvalue weighted by Gasteiger charge is 2.29. The van der Waals surface area contributed by atoms with E-state index in [1.165, 1.54) is 11.3 Å². The monoisotopic (exact) mass is 550 g/mol. The zero-order valence-electron chi connectivity index (χ0n) is 23.1. The number of anilines is 5. The first-order valence-corrected chi connectivity index (χ1v) is 14.3. The average Bonchev–Trinajstić information content (AvgIpc) is 3.47. The number of hydrogen-bond acceptors (Lipinski definition) is 11. The molecule has 7 rings (SSSR count). The Labute approximate surface area is 239 Å². The summed E-state index contributed by atoms with van der Waals surface area (Å²) < 4.78 is 5.57. The molecule has 6 heterocycles. The number of nitrogens with zero attached hydrogens (tertiary/aromatic N) is 9. The maximum atomic E-state index is 5.77. The molecule has 4 aromatic rings. The van der Waals surface area contributed by atoms with Gasteiger partial charge in [-0.05, 0) is 36.2 Å². The van der Waals surface area contributed by atoms with Gasteiger partial charge in [-0.1, -0.05) is 12.1 Å². The van der Waals surface area contributed by atoms with E-state index >= 15 is 0 Å². The number of morpholine rings is 1. The van der Waals surface area contributed by atoms with Crippen LogP contribution in [0.1, 0.15) is 11.1 Å². The van der Waals surface area contributed by atoms with Crippen LogP contribution in [0.15, 0.2) is 61.2 Å². The molecule has 210 valence electrons. The lowest BCUT2D eigenvalue weighted by Gasteiger charge is -2.36. The van der Waals surface area contributed by atoms with Crippen LogP contribution in [0.5, 0.6) is 0 Å². The second kappa shape index (κ2) is 11.3. The van der Waals surface area contributed by atoms with Crippen LogP contribution in [0.3, 0.4) is 0 Å². The summed E-state index contributed by atoms with van der Waals surface area (Å²) in [6.07, 6.45) is 8.09. The number of ether oxygens (including phenoxy) is 1. The summed E-state index contributed by atoms with van der Waals surface area (Å²) in [6, 6.07) is 13.1. The summed E-state index contributed by atoms with van der Waals surface area (Å²) in [7, 11) is 0. The first kappa shape index (κ1) is 25.6. The van der Waals surface area contributed by atoms with Gasteiger partial charge < -0.3 is 25.2 Å². The first-order valence-electron chi connectivity index (χ1n) is 14.3. The predicted molar refractivity (Wildman–Crippen MR) is 159 cm³/mol. The second-order valence-corrected chi connectivity index (χ2v) is 10.6. The van der Waals surface area contributed by atoms with Gasteiger partial charge in [-0.3, -0.25) is 9.88 Å². The van der Waals surface area contributed by atoms with E-state index in [2.05, 4.69) is 70.9 Å². The van der Waals surface area contributed by atoms with Crippen molar-refractivity contribution in [1.82, 2.24) is 29.8 Å². The molecule has 0 amide bonds. The maximum Gasteiger partial charge on any atom is 0.228 e. The molecule has 1 aromatic carbocycles. The molecule has 2 N–H and O–H groups in total. The molecule has 3 aromatic heterocycles. The van der Waals surface area contributed by atoms with Crippen molar-refractivity contribution in [2.45, 2.75) is 13.0 Å². The number of benzene rings is 1. The van der Waals surface area contributed by atoms with Gasteiger partial charge in [-0.25, -0.2) is 15.0 Å². The van der Waals surface area contributed by atoms with Gasteiger partial charge in [0.05, 0.1) is 18.9 Å². The number of nitrogens with two attached hydrogens (primary N) is 1. The van der Waals surface area contributed by atoms with Crippen molar-refractivity contribution >= 4 is 29.1 Å². The van der Waals surface area contributed by atoms with Crippen LogP contribution in [0.2, 0.25) is 0 Å². The summed E-state index contributed by atoms with van der Waals surface area (Å²) in [5.41, 5.74) is 12.3. The van der Waals surface area contributed by atoms with Gasteiger partial charge in [-0.2, -0.15) is 4.98 Å². The molecule has 0 aliphatic carbocycles. The van der Waals surface area contributed by atoms with Crippen LogP contribution in [-0.4, -0.2) is 88.8 Å². The molecule has 0 atom stereocenters. The number of hydrogen-bond donors (Lipinski definition) is 1.